The van der Waals surface area contributed by atoms with E-state index in [1.165, 1.54) is 12.3 Å². The summed E-state index contributed by atoms with van der Waals surface area (Å²) in [6.07, 6.45) is 1.28. The maximum atomic E-state index is 11.5. The van der Waals surface area contributed by atoms with E-state index in [0.29, 0.717) is 5.56 Å². The van der Waals surface area contributed by atoms with Gasteiger partial charge in [0.05, 0.1) is 6.21 Å². The molecular formula is C10H8BrClN5O3-. The Kier molecular flexibility index (Phi) is 5.47. The molecule has 0 bridgehead atoms. The molecule has 8 nitrogen and oxygen atoms in total. The van der Waals surface area contributed by atoms with Crippen LogP contribution in [0.1, 0.15) is 16.1 Å². The van der Waals surface area contributed by atoms with Gasteiger partial charge in [0.25, 0.3) is 5.91 Å². The van der Waals surface area contributed by atoms with Crippen molar-refractivity contribution < 1.29 is 26.9 Å². The molecule has 4 N–H and O–H groups in total. The fraction of sp³-hybridized carbons (Fsp3) is 0. The Balaban J connectivity index is 0.00000200. The van der Waals surface area contributed by atoms with Gasteiger partial charge in [-0.05, 0) is 28.5 Å². The first kappa shape index (κ1) is 15.9. The van der Waals surface area contributed by atoms with Crippen LogP contribution in [-0.4, -0.2) is 27.5 Å². The van der Waals surface area contributed by atoms with Gasteiger partial charge in [-0.2, -0.15) is 5.10 Å². The van der Waals surface area contributed by atoms with Crippen molar-refractivity contribution in [3.05, 3.63) is 33.9 Å². The average molecular weight is 362 g/mol. The molecule has 2 aromatic rings. The van der Waals surface area contributed by atoms with E-state index in [4.69, 9.17) is 5.73 Å². The summed E-state index contributed by atoms with van der Waals surface area (Å²) in [4.78, 5) is 11.5. The normalized spacial score (nSPS) is 10.2. The molecule has 0 aliphatic carbocycles. The maximum Gasteiger partial charge on any atom is 0.297 e. The lowest BCUT2D eigenvalue weighted by Gasteiger charge is -1.99. The Morgan fingerprint density at radius 3 is 2.90 bits per heavy atom. The Labute approximate surface area is 127 Å². The molecule has 0 saturated heterocycles. The van der Waals surface area contributed by atoms with Gasteiger partial charge < -0.3 is 23.2 Å². The summed E-state index contributed by atoms with van der Waals surface area (Å²) in [5.74, 6) is -0.758. The summed E-state index contributed by atoms with van der Waals surface area (Å²) in [7, 11) is 0. The van der Waals surface area contributed by atoms with Gasteiger partial charge in [0.15, 0.2) is 0 Å². The first-order valence-corrected chi connectivity index (χ1v) is 5.77. The molecule has 1 heterocycles. The van der Waals surface area contributed by atoms with Crippen LogP contribution in [0.15, 0.2) is 32.4 Å². The first-order valence-electron chi connectivity index (χ1n) is 4.98. The van der Waals surface area contributed by atoms with Crippen LogP contribution in [0.25, 0.3) is 0 Å². The van der Waals surface area contributed by atoms with Crippen molar-refractivity contribution in [3.63, 3.8) is 0 Å². The van der Waals surface area contributed by atoms with E-state index in [1.807, 2.05) is 0 Å². The number of carbonyl (C=O) groups is 1. The molecule has 0 saturated carbocycles. The second-order valence-electron chi connectivity index (χ2n) is 3.40. The van der Waals surface area contributed by atoms with E-state index in [9.17, 15) is 9.90 Å². The molecule has 0 radical (unpaired) electrons. The number of aromatic nitrogens is 2. The van der Waals surface area contributed by atoms with E-state index in [0.717, 1.165) is 4.47 Å². The fourth-order valence-electron chi connectivity index (χ4n) is 1.20. The number of benzene rings is 1. The number of nitrogen functional groups attached to an aromatic ring is 1. The fourth-order valence-corrected chi connectivity index (χ4v) is 1.57. The van der Waals surface area contributed by atoms with Crippen molar-refractivity contribution in [1.29, 1.82) is 0 Å². The lowest BCUT2D eigenvalue weighted by atomic mass is 10.2. The van der Waals surface area contributed by atoms with Crippen molar-refractivity contribution >= 4 is 33.9 Å². The van der Waals surface area contributed by atoms with Crippen molar-refractivity contribution in [2.75, 3.05) is 5.73 Å². The van der Waals surface area contributed by atoms with Crippen LogP contribution in [0.4, 0.5) is 5.82 Å². The van der Waals surface area contributed by atoms with E-state index >= 15 is 0 Å². The zero-order valence-corrected chi connectivity index (χ0v) is 12.1. The number of amides is 1. The average Bonchev–Trinajstić information content (AvgIpc) is 2.80. The van der Waals surface area contributed by atoms with E-state index in [1.54, 1.807) is 12.1 Å². The Morgan fingerprint density at radius 1 is 1.50 bits per heavy atom. The van der Waals surface area contributed by atoms with Crippen molar-refractivity contribution in [1.82, 2.24) is 15.7 Å². The van der Waals surface area contributed by atoms with Crippen LogP contribution >= 0.6 is 15.9 Å². The van der Waals surface area contributed by atoms with Gasteiger partial charge in [-0.15, -0.1) is 0 Å². The van der Waals surface area contributed by atoms with E-state index in [2.05, 4.69) is 41.4 Å². The van der Waals surface area contributed by atoms with Gasteiger partial charge in [-0.1, -0.05) is 15.9 Å². The number of nitrogens with one attached hydrogen (secondary N) is 1. The minimum atomic E-state index is -0.663. The molecule has 10 heteroatoms. The summed E-state index contributed by atoms with van der Waals surface area (Å²) in [5, 5.41) is 19.8. The Morgan fingerprint density at radius 2 is 2.25 bits per heavy atom. The van der Waals surface area contributed by atoms with Crippen LogP contribution in [0.5, 0.6) is 5.75 Å². The number of hydrogen-bond donors (Lipinski definition) is 3. The highest BCUT2D eigenvalue weighted by Gasteiger charge is 2.14. The molecule has 1 aromatic carbocycles. The zero-order valence-electron chi connectivity index (χ0n) is 9.75. The van der Waals surface area contributed by atoms with E-state index < -0.39 is 5.91 Å². The minimum absolute atomic E-state index is 0. The lowest BCUT2D eigenvalue weighted by Crippen LogP contribution is -3.00. The van der Waals surface area contributed by atoms with Crippen LogP contribution in [0, 0.1) is 0 Å². The number of phenolic OH excluding ortho intramolecular Hbond substituents is 1. The van der Waals surface area contributed by atoms with Crippen LogP contribution in [-0.2, 0) is 0 Å². The van der Waals surface area contributed by atoms with Gasteiger partial charge >= 0.3 is 0 Å². The van der Waals surface area contributed by atoms with Crippen LogP contribution < -0.4 is 23.6 Å². The molecular weight excluding hydrogens is 353 g/mol. The topological polar surface area (TPSA) is 127 Å². The molecule has 0 atom stereocenters. The highest BCUT2D eigenvalue weighted by Crippen LogP contribution is 2.19. The van der Waals surface area contributed by atoms with Crippen LogP contribution in [0.3, 0.4) is 0 Å². The third-order valence-corrected chi connectivity index (χ3v) is 2.58. The van der Waals surface area contributed by atoms with Gasteiger partial charge in [0.1, 0.15) is 5.75 Å². The third kappa shape index (κ3) is 3.68. The number of aromatic hydroxyl groups is 1. The lowest BCUT2D eigenvalue weighted by molar-refractivity contribution is -0.0000135. The summed E-state index contributed by atoms with van der Waals surface area (Å²) >= 11 is 3.25. The second kappa shape index (κ2) is 6.87. The molecule has 106 valence electrons. The maximum absolute atomic E-state index is 11.5. The van der Waals surface area contributed by atoms with Gasteiger partial charge in [0, 0.05) is 10.0 Å². The molecule has 1 amide bonds. The second-order valence-corrected chi connectivity index (χ2v) is 4.32. The Hall–Kier alpha value is -2.13. The predicted molar refractivity (Wildman–Crippen MR) is 69.6 cm³/mol. The number of rotatable bonds is 3. The molecule has 0 spiro atoms. The summed E-state index contributed by atoms with van der Waals surface area (Å²) in [6.45, 7) is 0. The smallest absolute Gasteiger partial charge is 0.297 e. The summed E-state index contributed by atoms with van der Waals surface area (Å²) in [5.41, 5.74) is 7.80. The minimum Gasteiger partial charge on any atom is -1.00 e. The third-order valence-electron chi connectivity index (χ3n) is 2.09. The monoisotopic (exact) mass is 360 g/mol. The van der Waals surface area contributed by atoms with E-state index in [-0.39, 0.29) is 29.7 Å². The summed E-state index contributed by atoms with van der Waals surface area (Å²) < 4.78 is 5.05. The quantitative estimate of drug-likeness (QED) is 0.424. The predicted octanol–water partition coefficient (Wildman–Crippen LogP) is -2.11. The number of phenols is 1. The number of anilines is 1. The van der Waals surface area contributed by atoms with Gasteiger partial charge in [-0.25, -0.2) is 10.1 Å². The number of nitrogens with two attached hydrogens (primary N) is 1. The SMILES string of the molecule is Nc1nonc1C(=O)NN=Cc1cc(Br)ccc1O.[Cl-]. The zero-order chi connectivity index (χ0) is 13.8. The molecule has 0 aliphatic heterocycles. The summed E-state index contributed by atoms with van der Waals surface area (Å²) in [6, 6.07) is 4.80. The first-order chi connectivity index (χ1) is 9.08. The van der Waals surface area contributed by atoms with Crippen molar-refractivity contribution in [2.45, 2.75) is 0 Å². The van der Waals surface area contributed by atoms with Crippen molar-refractivity contribution in [2.24, 2.45) is 5.10 Å². The number of halogens is 2. The van der Waals surface area contributed by atoms with Crippen LogP contribution in [0.2, 0.25) is 0 Å². The molecule has 0 unspecified atom stereocenters. The standard InChI is InChI=1S/C10H8BrN5O3.ClH/c11-6-1-2-7(17)5(3-6)4-13-14-10(18)8-9(12)16-19-15-8;/h1-4,17H,(H2,12,16)(H,14,18);1H/p-1. The van der Waals surface area contributed by atoms with Gasteiger partial charge in [-0.3, -0.25) is 4.79 Å². The number of hydrazone groups is 1. The Bertz CT molecular complexity index is 646. The van der Waals surface area contributed by atoms with Crippen molar-refractivity contribution in [3.8, 4) is 5.75 Å². The number of hydrogen-bond acceptors (Lipinski definition) is 7. The molecule has 0 aliphatic rings. The van der Waals surface area contributed by atoms with Gasteiger partial charge in [0.2, 0.25) is 11.5 Å². The largest absolute Gasteiger partial charge is 1.00 e. The molecule has 2 rings (SSSR count). The highest BCUT2D eigenvalue weighted by molar-refractivity contribution is 9.10. The highest BCUT2D eigenvalue weighted by atomic mass is 79.9. The number of carbonyl (C=O) groups excluding carboxylic acids is 1. The molecule has 20 heavy (non-hydrogen) atoms. The molecule has 0 fully saturated rings. The molecule has 1 aromatic heterocycles. The number of nitrogens with zero attached hydrogens (tertiary/aromatic N) is 3.